The van der Waals surface area contributed by atoms with E-state index in [-0.39, 0.29) is 5.78 Å². The molecule has 0 aliphatic heterocycles. The first-order valence-electron chi connectivity index (χ1n) is 3.75. The van der Waals surface area contributed by atoms with Crippen LogP contribution in [-0.2, 0) is 4.43 Å². The summed E-state index contributed by atoms with van der Waals surface area (Å²) >= 11 is 2.30. The monoisotopic (exact) mass is 289 g/mol. The lowest BCUT2D eigenvalue weighted by Gasteiger charge is -1.96. The van der Waals surface area contributed by atoms with Crippen LogP contribution in [0, 0.1) is 5.41 Å². The second-order valence-electron chi connectivity index (χ2n) is 2.39. The van der Waals surface area contributed by atoms with E-state index in [1.54, 1.807) is 6.92 Å². The molecule has 0 fully saturated rings. The highest BCUT2D eigenvalue weighted by Gasteiger charge is 1.96. The number of hydrogen-bond donors (Lipinski definition) is 1. The maximum Gasteiger partial charge on any atom is 0.159 e. The zero-order valence-electron chi connectivity index (χ0n) is 7.51. The third-order valence-corrected chi connectivity index (χ3v) is 2.40. The molecule has 0 atom stereocenters. The van der Waals surface area contributed by atoms with Crippen LogP contribution in [0.1, 0.15) is 22.8 Å². The summed E-state index contributed by atoms with van der Waals surface area (Å²) in [6.45, 7) is 4.08. The average Bonchev–Trinajstić information content (AvgIpc) is 2.21. The molecule has 13 heavy (non-hydrogen) atoms. The van der Waals surface area contributed by atoms with Gasteiger partial charge in [0.15, 0.2) is 5.78 Å². The lowest BCUT2D eigenvalue weighted by molar-refractivity contribution is 0.101. The molecule has 2 nitrogen and oxygen atoms in total. The van der Waals surface area contributed by atoms with Crippen molar-refractivity contribution in [2.75, 3.05) is 0 Å². The van der Waals surface area contributed by atoms with Gasteiger partial charge in [-0.1, -0.05) is 46.9 Å². The molecule has 0 amide bonds. The number of halogens is 1. The van der Waals surface area contributed by atoms with E-state index in [0.29, 0.717) is 0 Å². The number of Topliss-reactive ketones (excluding diaryl/α,β-unsaturated/α-hetero) is 1. The van der Waals surface area contributed by atoms with Gasteiger partial charge in [0.2, 0.25) is 0 Å². The molecule has 1 rings (SSSR count). The van der Waals surface area contributed by atoms with E-state index in [0.717, 1.165) is 9.99 Å². The van der Waals surface area contributed by atoms with Gasteiger partial charge in [0.25, 0.3) is 0 Å². The summed E-state index contributed by atoms with van der Waals surface area (Å²) < 4.78 is 0.996. The Bertz CT molecular complexity index is 269. The molecule has 0 radical (unpaired) electrons. The van der Waals surface area contributed by atoms with Crippen molar-refractivity contribution in [2.24, 2.45) is 0 Å². The van der Waals surface area contributed by atoms with Gasteiger partial charge in [-0.15, -0.1) is 0 Å². The maximum atomic E-state index is 10.8. The van der Waals surface area contributed by atoms with Crippen molar-refractivity contribution in [1.82, 2.24) is 0 Å². The van der Waals surface area contributed by atoms with Crippen LogP contribution >= 0.6 is 22.6 Å². The highest BCUT2D eigenvalue weighted by atomic mass is 127. The summed E-state index contributed by atoms with van der Waals surface area (Å²) in [7, 11) is 0. The van der Waals surface area contributed by atoms with Gasteiger partial charge in [-0.3, -0.25) is 4.79 Å². The van der Waals surface area contributed by atoms with Crippen LogP contribution in [0.25, 0.3) is 0 Å². The Morgan fingerprint density at radius 1 is 1.38 bits per heavy atom. The maximum absolute atomic E-state index is 10.8. The molecule has 0 saturated heterocycles. The molecule has 0 saturated carbocycles. The van der Waals surface area contributed by atoms with Crippen LogP contribution in [0.4, 0.5) is 0 Å². The summed E-state index contributed by atoms with van der Waals surface area (Å²) in [5, 5.41) is 5.50. The van der Waals surface area contributed by atoms with Gasteiger partial charge < -0.3 is 5.41 Å². The lowest BCUT2D eigenvalue weighted by atomic mass is 10.1. The van der Waals surface area contributed by atoms with Gasteiger partial charge in [0.1, 0.15) is 0 Å². The SMILES string of the molecule is C=N.CC(=O)c1ccc(CI)cc1. The fourth-order valence-electron chi connectivity index (χ4n) is 0.829. The quantitative estimate of drug-likeness (QED) is 0.386. The second-order valence-corrected chi connectivity index (χ2v) is 3.15. The number of ketones is 1. The number of nitrogens with one attached hydrogen (secondary N) is 1. The molecule has 1 aromatic carbocycles. The largest absolute Gasteiger partial charge is 0.317 e. The van der Waals surface area contributed by atoms with Crippen LogP contribution in [0.2, 0.25) is 0 Å². The van der Waals surface area contributed by atoms with Crippen LogP contribution < -0.4 is 0 Å². The standard InChI is InChI=1S/C9H9IO.CH3N/c1-7(11)9-4-2-8(6-10)3-5-9;1-2/h2-5H,6H2,1H3;2H,1H2. The third kappa shape index (κ3) is 4.17. The van der Waals surface area contributed by atoms with Crippen molar-refractivity contribution < 1.29 is 4.79 Å². The molecule has 0 spiro atoms. The molecule has 0 aromatic heterocycles. The molecule has 0 heterocycles. The number of alkyl halides is 1. The van der Waals surface area contributed by atoms with Gasteiger partial charge in [-0.25, -0.2) is 0 Å². The molecule has 3 heteroatoms. The van der Waals surface area contributed by atoms with Crippen LogP contribution in [0.3, 0.4) is 0 Å². The van der Waals surface area contributed by atoms with E-state index >= 15 is 0 Å². The first-order valence-corrected chi connectivity index (χ1v) is 5.28. The first kappa shape index (κ1) is 12.3. The summed E-state index contributed by atoms with van der Waals surface area (Å²) in [5.74, 6) is 0.130. The van der Waals surface area contributed by atoms with E-state index in [1.807, 2.05) is 24.3 Å². The summed E-state index contributed by atoms with van der Waals surface area (Å²) in [5.41, 5.74) is 2.05. The molecule has 1 N–H and O–H groups in total. The number of hydrogen-bond acceptors (Lipinski definition) is 2. The minimum Gasteiger partial charge on any atom is -0.317 e. The second kappa shape index (κ2) is 6.77. The van der Waals surface area contributed by atoms with Gasteiger partial charge in [0, 0.05) is 9.99 Å². The van der Waals surface area contributed by atoms with Gasteiger partial charge in [-0.2, -0.15) is 0 Å². The predicted octanol–water partition coefficient (Wildman–Crippen LogP) is 3.09. The normalized spacial score (nSPS) is 8.46. The Morgan fingerprint density at radius 3 is 2.15 bits per heavy atom. The van der Waals surface area contributed by atoms with Gasteiger partial charge >= 0.3 is 0 Å². The third-order valence-electron chi connectivity index (χ3n) is 1.51. The average molecular weight is 289 g/mol. The Morgan fingerprint density at radius 2 is 1.85 bits per heavy atom. The van der Waals surface area contributed by atoms with Crippen molar-refractivity contribution >= 4 is 35.1 Å². The summed E-state index contributed by atoms with van der Waals surface area (Å²) in [4.78, 5) is 10.8. The van der Waals surface area contributed by atoms with E-state index < -0.39 is 0 Å². The van der Waals surface area contributed by atoms with Crippen LogP contribution in [0.15, 0.2) is 24.3 Å². The fraction of sp³-hybridized carbons (Fsp3) is 0.200. The van der Waals surface area contributed by atoms with Crippen LogP contribution in [-0.4, -0.2) is 12.5 Å². The Labute approximate surface area is 92.0 Å². The summed E-state index contributed by atoms with van der Waals surface area (Å²) in [6.07, 6.45) is 0. The van der Waals surface area contributed by atoms with Crippen molar-refractivity contribution in [1.29, 1.82) is 5.41 Å². The van der Waals surface area contributed by atoms with Crippen molar-refractivity contribution in [3.63, 3.8) is 0 Å². The molecule has 0 aliphatic rings. The minimum absolute atomic E-state index is 0.130. The first-order chi connectivity index (χ1) is 6.24. The highest BCUT2D eigenvalue weighted by Crippen LogP contribution is 2.08. The lowest BCUT2D eigenvalue weighted by Crippen LogP contribution is -1.90. The predicted molar refractivity (Wildman–Crippen MR) is 64.0 cm³/mol. The van der Waals surface area contributed by atoms with Gasteiger partial charge in [0.05, 0.1) is 0 Å². The van der Waals surface area contributed by atoms with E-state index in [9.17, 15) is 4.79 Å². The van der Waals surface area contributed by atoms with Crippen LogP contribution in [0.5, 0.6) is 0 Å². The molecule has 0 bridgehead atoms. The molecular formula is C10H12INO. The van der Waals surface area contributed by atoms with Gasteiger partial charge in [-0.05, 0) is 19.2 Å². The Hall–Kier alpha value is -0.710. The van der Waals surface area contributed by atoms with E-state index in [2.05, 4.69) is 29.3 Å². The smallest absolute Gasteiger partial charge is 0.159 e. The molecule has 70 valence electrons. The zero-order chi connectivity index (χ0) is 10.3. The summed E-state index contributed by atoms with van der Waals surface area (Å²) in [6, 6.07) is 7.72. The number of rotatable bonds is 2. The Balaban J connectivity index is 0.000000671. The number of carbonyl (C=O) groups is 1. The highest BCUT2D eigenvalue weighted by molar-refractivity contribution is 14.1. The molecule has 1 aromatic rings. The van der Waals surface area contributed by atoms with Crippen molar-refractivity contribution in [3.8, 4) is 0 Å². The number of carbonyl (C=O) groups excluding carboxylic acids is 1. The minimum atomic E-state index is 0.130. The van der Waals surface area contributed by atoms with Crippen molar-refractivity contribution in [3.05, 3.63) is 35.4 Å². The number of benzene rings is 1. The van der Waals surface area contributed by atoms with E-state index in [4.69, 9.17) is 5.41 Å². The molecular weight excluding hydrogens is 277 g/mol. The van der Waals surface area contributed by atoms with Crippen molar-refractivity contribution in [2.45, 2.75) is 11.4 Å². The molecule has 0 unspecified atom stereocenters. The zero-order valence-corrected chi connectivity index (χ0v) is 9.67. The van der Waals surface area contributed by atoms with E-state index in [1.165, 1.54) is 5.56 Å². The topological polar surface area (TPSA) is 40.9 Å². The fourth-order valence-corrected chi connectivity index (χ4v) is 1.34. The Kier molecular flexibility index (Phi) is 6.40. The molecule has 0 aliphatic carbocycles.